The van der Waals surface area contributed by atoms with Crippen molar-refractivity contribution in [3.8, 4) is 0 Å². The normalized spacial score (nSPS) is 11.1. The Bertz CT molecular complexity index is 934. The SMILES string of the molecule is CCN(CC)C(=O)Cc1ccc(NS(=O)(=O)c2ccc(CCC(=O)O)cc2)cc1. The Labute approximate surface area is 171 Å². The predicted octanol–water partition coefficient (Wildman–Crippen LogP) is 2.92. The van der Waals surface area contributed by atoms with E-state index in [4.69, 9.17) is 5.11 Å². The largest absolute Gasteiger partial charge is 0.481 e. The van der Waals surface area contributed by atoms with Gasteiger partial charge in [0, 0.05) is 25.2 Å². The minimum absolute atomic E-state index is 0.00648. The van der Waals surface area contributed by atoms with E-state index < -0.39 is 16.0 Å². The van der Waals surface area contributed by atoms with Crippen LogP contribution in [0, 0.1) is 0 Å². The number of nitrogens with one attached hydrogen (secondary N) is 1. The van der Waals surface area contributed by atoms with Gasteiger partial charge in [0.15, 0.2) is 0 Å². The Morgan fingerprint density at radius 3 is 2.00 bits per heavy atom. The van der Waals surface area contributed by atoms with Crippen LogP contribution in [0.2, 0.25) is 0 Å². The van der Waals surface area contributed by atoms with E-state index in [2.05, 4.69) is 4.72 Å². The molecule has 0 radical (unpaired) electrons. The molecule has 1 amide bonds. The molecule has 2 N–H and O–H groups in total. The first-order chi connectivity index (χ1) is 13.7. The molecule has 0 saturated heterocycles. The number of carbonyl (C=O) groups is 2. The summed E-state index contributed by atoms with van der Waals surface area (Å²) in [6, 6.07) is 12.8. The molecule has 0 bridgehead atoms. The maximum Gasteiger partial charge on any atom is 0.303 e. The monoisotopic (exact) mass is 418 g/mol. The quantitative estimate of drug-likeness (QED) is 0.617. The molecule has 0 saturated carbocycles. The zero-order valence-electron chi connectivity index (χ0n) is 16.6. The number of aryl methyl sites for hydroxylation is 1. The van der Waals surface area contributed by atoms with E-state index in [1.165, 1.54) is 12.1 Å². The number of aliphatic carboxylic acids is 1. The highest BCUT2D eigenvalue weighted by Gasteiger charge is 2.15. The van der Waals surface area contributed by atoms with Crippen molar-refractivity contribution in [2.24, 2.45) is 0 Å². The van der Waals surface area contributed by atoms with Crippen molar-refractivity contribution < 1.29 is 23.1 Å². The molecule has 156 valence electrons. The number of likely N-dealkylation sites (N-methyl/N-ethyl adjacent to an activating group) is 1. The van der Waals surface area contributed by atoms with Crippen molar-refractivity contribution >= 4 is 27.6 Å². The molecule has 2 aromatic carbocycles. The van der Waals surface area contributed by atoms with Gasteiger partial charge in [-0.15, -0.1) is 0 Å². The molecule has 7 nitrogen and oxygen atoms in total. The molecule has 0 aliphatic heterocycles. The van der Waals surface area contributed by atoms with E-state index in [-0.39, 0.29) is 23.6 Å². The summed E-state index contributed by atoms with van der Waals surface area (Å²) in [4.78, 5) is 24.6. The molecule has 0 aliphatic carbocycles. The lowest BCUT2D eigenvalue weighted by Gasteiger charge is -2.18. The molecule has 0 aliphatic rings. The summed E-state index contributed by atoms with van der Waals surface area (Å²) in [5.41, 5.74) is 1.97. The van der Waals surface area contributed by atoms with Gasteiger partial charge in [0.05, 0.1) is 11.3 Å². The lowest BCUT2D eigenvalue weighted by Crippen LogP contribution is -2.31. The number of carboxylic acids is 1. The van der Waals surface area contributed by atoms with Gasteiger partial charge in [0.25, 0.3) is 10.0 Å². The third-order valence-corrected chi connectivity index (χ3v) is 5.94. The standard InChI is InChI=1S/C21H26N2O5S/c1-3-23(4-2)20(24)15-17-5-10-18(11-6-17)22-29(27,28)19-12-7-16(8-13-19)9-14-21(25)26/h5-8,10-13,22H,3-4,9,14-15H2,1-2H3,(H,25,26). The number of carboxylic acid groups (broad SMARTS) is 1. The Morgan fingerprint density at radius 1 is 0.931 bits per heavy atom. The summed E-state index contributed by atoms with van der Waals surface area (Å²) in [6.07, 6.45) is 0.608. The molecule has 0 heterocycles. The first-order valence-corrected chi connectivity index (χ1v) is 10.9. The summed E-state index contributed by atoms with van der Waals surface area (Å²) in [7, 11) is -3.76. The third kappa shape index (κ3) is 6.60. The average Bonchev–Trinajstić information content (AvgIpc) is 2.69. The zero-order chi connectivity index (χ0) is 21.4. The first-order valence-electron chi connectivity index (χ1n) is 9.45. The summed E-state index contributed by atoms with van der Waals surface area (Å²) in [5, 5.41) is 8.72. The van der Waals surface area contributed by atoms with E-state index in [1.807, 2.05) is 13.8 Å². The number of nitrogens with zero attached hydrogens (tertiary/aromatic N) is 1. The fourth-order valence-electron chi connectivity index (χ4n) is 2.85. The highest BCUT2D eigenvalue weighted by atomic mass is 32.2. The van der Waals surface area contributed by atoms with Crippen LogP contribution in [0.1, 0.15) is 31.4 Å². The number of anilines is 1. The van der Waals surface area contributed by atoms with Gasteiger partial charge in [0.1, 0.15) is 0 Å². The van der Waals surface area contributed by atoms with Crippen LogP contribution in [0.4, 0.5) is 5.69 Å². The van der Waals surface area contributed by atoms with Crippen LogP contribution in [-0.4, -0.2) is 43.4 Å². The lowest BCUT2D eigenvalue weighted by atomic mass is 10.1. The van der Waals surface area contributed by atoms with Crippen molar-refractivity contribution in [3.05, 3.63) is 59.7 Å². The van der Waals surface area contributed by atoms with E-state index >= 15 is 0 Å². The smallest absolute Gasteiger partial charge is 0.303 e. The van der Waals surface area contributed by atoms with Gasteiger partial charge < -0.3 is 10.0 Å². The van der Waals surface area contributed by atoms with Crippen LogP contribution in [-0.2, 0) is 32.5 Å². The first kappa shape index (κ1) is 22.4. The summed E-state index contributed by atoms with van der Waals surface area (Å²) < 4.78 is 27.6. The number of hydrogen-bond acceptors (Lipinski definition) is 4. The fraction of sp³-hybridized carbons (Fsp3) is 0.333. The van der Waals surface area contributed by atoms with Crippen molar-refractivity contribution in [2.45, 2.75) is 38.0 Å². The third-order valence-electron chi connectivity index (χ3n) is 4.54. The predicted molar refractivity (Wildman–Crippen MR) is 111 cm³/mol. The van der Waals surface area contributed by atoms with Gasteiger partial charge in [-0.05, 0) is 55.7 Å². The number of amides is 1. The Balaban J connectivity index is 2.03. The fourth-order valence-corrected chi connectivity index (χ4v) is 3.91. The molecule has 0 aromatic heterocycles. The molecule has 0 unspecified atom stereocenters. The topological polar surface area (TPSA) is 104 Å². The molecular formula is C21H26N2O5S. The van der Waals surface area contributed by atoms with E-state index in [1.54, 1.807) is 41.3 Å². The second-order valence-electron chi connectivity index (χ2n) is 6.58. The number of rotatable bonds is 10. The van der Waals surface area contributed by atoms with Gasteiger partial charge >= 0.3 is 5.97 Å². The Kier molecular flexibility index (Phi) is 7.78. The number of benzene rings is 2. The van der Waals surface area contributed by atoms with Crippen LogP contribution in [0.25, 0.3) is 0 Å². The van der Waals surface area contributed by atoms with Gasteiger partial charge in [0.2, 0.25) is 5.91 Å². The van der Waals surface area contributed by atoms with Gasteiger partial charge in [-0.3, -0.25) is 14.3 Å². The van der Waals surface area contributed by atoms with E-state index in [0.717, 1.165) is 11.1 Å². The van der Waals surface area contributed by atoms with Crippen molar-refractivity contribution in [1.82, 2.24) is 4.90 Å². The summed E-state index contributed by atoms with van der Waals surface area (Å²) in [5.74, 6) is -0.864. The molecule has 8 heteroatoms. The highest BCUT2D eigenvalue weighted by molar-refractivity contribution is 7.92. The number of sulfonamides is 1. The van der Waals surface area contributed by atoms with Crippen LogP contribution in [0.15, 0.2) is 53.4 Å². The lowest BCUT2D eigenvalue weighted by molar-refractivity contribution is -0.137. The van der Waals surface area contributed by atoms with Crippen LogP contribution < -0.4 is 4.72 Å². The Morgan fingerprint density at radius 2 is 1.48 bits per heavy atom. The molecule has 2 aromatic rings. The highest BCUT2D eigenvalue weighted by Crippen LogP contribution is 2.18. The van der Waals surface area contributed by atoms with Gasteiger partial charge in [-0.2, -0.15) is 0 Å². The van der Waals surface area contributed by atoms with Crippen molar-refractivity contribution in [1.29, 1.82) is 0 Å². The van der Waals surface area contributed by atoms with Gasteiger partial charge in [-0.1, -0.05) is 24.3 Å². The van der Waals surface area contributed by atoms with E-state index in [0.29, 0.717) is 25.2 Å². The number of carbonyl (C=O) groups excluding carboxylic acids is 1. The maximum atomic E-state index is 12.5. The molecule has 2 rings (SSSR count). The summed E-state index contributed by atoms with van der Waals surface area (Å²) in [6.45, 7) is 5.17. The van der Waals surface area contributed by atoms with Crippen molar-refractivity contribution in [3.63, 3.8) is 0 Å². The minimum atomic E-state index is -3.76. The molecular weight excluding hydrogens is 392 g/mol. The summed E-state index contributed by atoms with van der Waals surface area (Å²) >= 11 is 0. The number of hydrogen-bond donors (Lipinski definition) is 2. The van der Waals surface area contributed by atoms with E-state index in [9.17, 15) is 18.0 Å². The van der Waals surface area contributed by atoms with Crippen molar-refractivity contribution in [2.75, 3.05) is 17.8 Å². The maximum absolute atomic E-state index is 12.5. The average molecular weight is 419 g/mol. The molecule has 0 fully saturated rings. The van der Waals surface area contributed by atoms with Crippen LogP contribution >= 0.6 is 0 Å². The van der Waals surface area contributed by atoms with Crippen LogP contribution in [0.5, 0.6) is 0 Å². The van der Waals surface area contributed by atoms with Gasteiger partial charge in [-0.25, -0.2) is 8.42 Å². The zero-order valence-corrected chi connectivity index (χ0v) is 17.4. The molecule has 0 spiro atoms. The minimum Gasteiger partial charge on any atom is -0.481 e. The second-order valence-corrected chi connectivity index (χ2v) is 8.27. The molecule has 0 atom stereocenters. The second kappa shape index (κ2) is 10.1. The van der Waals surface area contributed by atoms with Crippen LogP contribution in [0.3, 0.4) is 0 Å². The Hall–Kier alpha value is -2.87. The molecule has 29 heavy (non-hydrogen) atoms.